The summed E-state index contributed by atoms with van der Waals surface area (Å²) in [7, 11) is 0. The average molecular weight is 276 g/mol. The van der Waals surface area contributed by atoms with Crippen LogP contribution in [0.1, 0.15) is 28.3 Å². The van der Waals surface area contributed by atoms with E-state index >= 15 is 0 Å². The third kappa shape index (κ3) is 2.86. The van der Waals surface area contributed by atoms with Crippen LogP contribution in [0.5, 0.6) is 0 Å². The molecule has 0 aliphatic rings. The van der Waals surface area contributed by atoms with Gasteiger partial charge in [-0.05, 0) is 49.1 Å². The van der Waals surface area contributed by atoms with Gasteiger partial charge >= 0.3 is 0 Å². The van der Waals surface area contributed by atoms with Crippen molar-refractivity contribution < 1.29 is 8.78 Å². The minimum absolute atomic E-state index is 0.0161. The Balaban J connectivity index is 2.39. The third-order valence-corrected chi connectivity index (χ3v) is 3.60. The van der Waals surface area contributed by atoms with Gasteiger partial charge in [0.25, 0.3) is 0 Å². The molecule has 1 unspecified atom stereocenters. The van der Waals surface area contributed by atoms with Crippen LogP contribution in [-0.4, -0.2) is 0 Å². The summed E-state index contributed by atoms with van der Waals surface area (Å²) < 4.78 is 27.7. The van der Waals surface area contributed by atoms with Crippen molar-refractivity contribution in [3.05, 3.63) is 70.3 Å². The Bertz CT molecular complexity index is 571. The van der Waals surface area contributed by atoms with Gasteiger partial charge in [-0.25, -0.2) is 8.78 Å². The average Bonchev–Trinajstić information content (AvgIpc) is 2.40. The Morgan fingerprint density at radius 2 is 1.50 bits per heavy atom. The summed E-state index contributed by atoms with van der Waals surface area (Å²) in [6.45, 7) is 3.96. The smallest absolute Gasteiger partial charge is 0.130 e. The number of nitrogens with one attached hydrogen (secondary N) is 1. The lowest BCUT2D eigenvalue weighted by molar-refractivity contribution is 0.472. The van der Waals surface area contributed by atoms with Gasteiger partial charge in [0.05, 0.1) is 6.04 Å². The standard InChI is InChI=1S/C16H18F2N2/c1-10-5-3-6-11(2)12(10)9-15(20-19)16-13(17)7-4-8-14(16)18/h3-8,15,20H,9,19H2,1-2H3. The van der Waals surface area contributed by atoms with Crippen LogP contribution in [0, 0.1) is 25.5 Å². The molecule has 2 rings (SSSR count). The molecule has 20 heavy (non-hydrogen) atoms. The van der Waals surface area contributed by atoms with Crippen LogP contribution in [0.2, 0.25) is 0 Å². The fourth-order valence-corrected chi connectivity index (χ4v) is 2.46. The van der Waals surface area contributed by atoms with Crippen LogP contribution in [0.15, 0.2) is 36.4 Å². The summed E-state index contributed by atoms with van der Waals surface area (Å²) >= 11 is 0. The van der Waals surface area contributed by atoms with E-state index in [1.165, 1.54) is 18.2 Å². The zero-order valence-electron chi connectivity index (χ0n) is 11.6. The Hall–Kier alpha value is -1.78. The van der Waals surface area contributed by atoms with E-state index in [1.807, 2.05) is 32.0 Å². The maximum Gasteiger partial charge on any atom is 0.130 e. The van der Waals surface area contributed by atoms with Crippen LogP contribution in [0.3, 0.4) is 0 Å². The van der Waals surface area contributed by atoms with Crippen molar-refractivity contribution in [3.8, 4) is 0 Å². The Kier molecular flexibility index (Phi) is 4.47. The first-order valence-corrected chi connectivity index (χ1v) is 6.49. The lowest BCUT2D eigenvalue weighted by Crippen LogP contribution is -2.31. The first-order chi connectivity index (χ1) is 9.54. The molecule has 3 N–H and O–H groups in total. The van der Waals surface area contributed by atoms with E-state index < -0.39 is 17.7 Å². The maximum atomic E-state index is 13.9. The first kappa shape index (κ1) is 14.6. The highest BCUT2D eigenvalue weighted by Crippen LogP contribution is 2.26. The van der Waals surface area contributed by atoms with Gasteiger partial charge in [0.15, 0.2) is 0 Å². The second-order valence-corrected chi connectivity index (χ2v) is 4.93. The van der Waals surface area contributed by atoms with E-state index in [4.69, 9.17) is 5.84 Å². The molecule has 0 aliphatic heterocycles. The number of hydrazine groups is 1. The molecule has 0 bridgehead atoms. The Morgan fingerprint density at radius 3 is 2.00 bits per heavy atom. The fourth-order valence-electron chi connectivity index (χ4n) is 2.46. The molecule has 1 atom stereocenters. The summed E-state index contributed by atoms with van der Waals surface area (Å²) in [6.07, 6.45) is 0.437. The van der Waals surface area contributed by atoms with Crippen molar-refractivity contribution >= 4 is 0 Å². The van der Waals surface area contributed by atoms with Crippen LogP contribution in [-0.2, 0) is 6.42 Å². The SMILES string of the molecule is Cc1cccc(C)c1CC(NN)c1c(F)cccc1F. The van der Waals surface area contributed by atoms with Crippen molar-refractivity contribution in [1.29, 1.82) is 0 Å². The molecule has 0 aliphatic carbocycles. The largest absolute Gasteiger partial charge is 0.271 e. The maximum absolute atomic E-state index is 13.9. The number of hydrogen-bond donors (Lipinski definition) is 2. The zero-order valence-corrected chi connectivity index (χ0v) is 11.6. The molecule has 0 heterocycles. The van der Waals surface area contributed by atoms with Crippen molar-refractivity contribution in [1.82, 2.24) is 5.43 Å². The number of benzene rings is 2. The molecule has 4 heteroatoms. The molecule has 0 aromatic heterocycles. The zero-order chi connectivity index (χ0) is 14.7. The lowest BCUT2D eigenvalue weighted by Gasteiger charge is -2.20. The summed E-state index contributed by atoms with van der Waals surface area (Å²) in [5.41, 5.74) is 5.73. The van der Waals surface area contributed by atoms with E-state index in [0.717, 1.165) is 16.7 Å². The fraction of sp³-hybridized carbons (Fsp3) is 0.250. The summed E-state index contributed by atoms with van der Waals surface area (Å²) in [5.74, 6) is 4.34. The van der Waals surface area contributed by atoms with Gasteiger partial charge in [-0.15, -0.1) is 0 Å². The minimum Gasteiger partial charge on any atom is -0.271 e. The van der Waals surface area contributed by atoms with Crippen LogP contribution in [0.4, 0.5) is 8.78 Å². The van der Waals surface area contributed by atoms with Gasteiger partial charge in [-0.2, -0.15) is 0 Å². The van der Waals surface area contributed by atoms with Crippen molar-refractivity contribution in [3.63, 3.8) is 0 Å². The van der Waals surface area contributed by atoms with Gasteiger partial charge in [-0.1, -0.05) is 24.3 Å². The van der Waals surface area contributed by atoms with E-state index in [-0.39, 0.29) is 5.56 Å². The van der Waals surface area contributed by atoms with E-state index in [1.54, 1.807) is 0 Å². The van der Waals surface area contributed by atoms with E-state index in [9.17, 15) is 8.78 Å². The summed E-state index contributed by atoms with van der Waals surface area (Å²) in [6, 6.07) is 9.15. The van der Waals surface area contributed by atoms with Crippen molar-refractivity contribution in [2.45, 2.75) is 26.3 Å². The second kappa shape index (κ2) is 6.11. The molecule has 0 fully saturated rings. The Labute approximate surface area is 117 Å². The molecule has 2 aromatic rings. The highest BCUT2D eigenvalue weighted by Gasteiger charge is 2.20. The van der Waals surface area contributed by atoms with Gasteiger partial charge in [0, 0.05) is 5.56 Å². The first-order valence-electron chi connectivity index (χ1n) is 6.49. The molecule has 0 spiro atoms. The summed E-state index contributed by atoms with van der Waals surface area (Å²) in [4.78, 5) is 0. The minimum atomic E-state index is -0.601. The predicted molar refractivity (Wildman–Crippen MR) is 76.0 cm³/mol. The van der Waals surface area contributed by atoms with Gasteiger partial charge < -0.3 is 0 Å². The molecule has 0 radical (unpaired) electrons. The third-order valence-electron chi connectivity index (χ3n) is 3.60. The monoisotopic (exact) mass is 276 g/mol. The molecule has 106 valence electrons. The normalized spacial score (nSPS) is 12.4. The topological polar surface area (TPSA) is 38.0 Å². The highest BCUT2D eigenvalue weighted by molar-refractivity contribution is 5.36. The lowest BCUT2D eigenvalue weighted by atomic mass is 9.93. The molecular formula is C16H18F2N2. The second-order valence-electron chi connectivity index (χ2n) is 4.93. The molecule has 0 saturated heterocycles. The van der Waals surface area contributed by atoms with Crippen molar-refractivity contribution in [2.24, 2.45) is 5.84 Å². The van der Waals surface area contributed by atoms with E-state index in [0.29, 0.717) is 6.42 Å². The highest BCUT2D eigenvalue weighted by atomic mass is 19.1. The quantitative estimate of drug-likeness (QED) is 0.664. The number of aryl methyl sites for hydroxylation is 2. The van der Waals surface area contributed by atoms with E-state index in [2.05, 4.69) is 5.43 Å². The molecule has 0 saturated carbocycles. The Morgan fingerprint density at radius 1 is 1.00 bits per heavy atom. The summed E-state index contributed by atoms with van der Waals surface area (Å²) in [5, 5.41) is 0. The number of nitrogens with two attached hydrogens (primary N) is 1. The molecule has 2 nitrogen and oxygen atoms in total. The van der Waals surface area contributed by atoms with Crippen LogP contribution >= 0.6 is 0 Å². The van der Waals surface area contributed by atoms with Gasteiger partial charge in [0.2, 0.25) is 0 Å². The van der Waals surface area contributed by atoms with Gasteiger partial charge in [0.1, 0.15) is 11.6 Å². The molecule has 0 amide bonds. The predicted octanol–water partition coefficient (Wildman–Crippen LogP) is 3.33. The van der Waals surface area contributed by atoms with Crippen LogP contribution in [0.25, 0.3) is 0 Å². The van der Waals surface area contributed by atoms with Gasteiger partial charge in [-0.3, -0.25) is 11.3 Å². The molecule has 2 aromatic carbocycles. The number of halogens is 2. The van der Waals surface area contributed by atoms with Crippen LogP contribution < -0.4 is 11.3 Å². The number of hydrogen-bond acceptors (Lipinski definition) is 2. The van der Waals surface area contributed by atoms with Crippen molar-refractivity contribution in [2.75, 3.05) is 0 Å². The molecular weight excluding hydrogens is 258 g/mol. The number of rotatable bonds is 4.